The number of carbonyl (C=O) groups excluding carboxylic acids is 3. The molecule has 15 heteroatoms. The van der Waals surface area contributed by atoms with Crippen molar-refractivity contribution in [2.75, 3.05) is 120 Å². The molecule has 1 N–H and O–H groups in total. The fourth-order valence-electron chi connectivity index (χ4n) is 5.57. The highest BCUT2D eigenvalue weighted by Crippen LogP contribution is 2.17. The largest absolute Gasteiger partial charge is 0.491 e. The highest BCUT2D eigenvalue weighted by molar-refractivity contribution is 5.76. The summed E-state index contributed by atoms with van der Waals surface area (Å²) in [5.41, 5.74) is 0.898. The molecule has 1 heterocycles. The van der Waals surface area contributed by atoms with Crippen molar-refractivity contribution < 1.29 is 52.7 Å². The third-order valence-electron chi connectivity index (χ3n) is 8.43. The summed E-state index contributed by atoms with van der Waals surface area (Å²) >= 11 is 0. The minimum atomic E-state index is -0.928. The normalized spacial score (nSPS) is 17.2. The zero-order chi connectivity index (χ0) is 36.0. The van der Waals surface area contributed by atoms with Gasteiger partial charge in [-0.05, 0) is 37.5 Å². The van der Waals surface area contributed by atoms with Crippen LogP contribution in [0, 0.1) is 0 Å². The van der Waals surface area contributed by atoms with Gasteiger partial charge in [-0.3, -0.25) is 38.8 Å². The summed E-state index contributed by atoms with van der Waals surface area (Å²) < 4.78 is 31.7. The van der Waals surface area contributed by atoms with E-state index in [2.05, 4.69) is 0 Å². The van der Waals surface area contributed by atoms with Crippen LogP contribution in [-0.4, -0.2) is 180 Å². The van der Waals surface area contributed by atoms with Crippen LogP contribution in [0.3, 0.4) is 0 Å². The number of carboxylic acids is 1. The Labute approximate surface area is 290 Å². The Morgan fingerprint density at radius 3 is 1.61 bits per heavy atom. The van der Waals surface area contributed by atoms with Crippen LogP contribution in [0.25, 0.3) is 0 Å². The fourth-order valence-corrected chi connectivity index (χ4v) is 5.57. The molecule has 1 saturated heterocycles. The number of carboxylic acid groups (broad SMARTS) is 1. The maximum Gasteiger partial charge on any atom is 0.323 e. The average molecular weight is 697 g/mol. The summed E-state index contributed by atoms with van der Waals surface area (Å²) in [7, 11) is 4.01. The molecule has 2 unspecified atom stereocenters. The molecule has 1 aromatic rings. The summed E-state index contributed by atoms with van der Waals surface area (Å²) in [5, 5.41) is 9.92. The Kier molecular flexibility index (Phi) is 20.4. The number of hydrogen-bond donors (Lipinski definition) is 1. The third-order valence-corrected chi connectivity index (χ3v) is 8.43. The molecule has 49 heavy (non-hydrogen) atoms. The van der Waals surface area contributed by atoms with E-state index in [-0.39, 0.29) is 13.1 Å². The Bertz CT molecular complexity index is 1090. The molecule has 0 bridgehead atoms. The first-order chi connectivity index (χ1) is 23.6. The molecular weight excluding hydrogens is 640 g/mol. The standard InChI is InChI=1S/C34H56N4O11/c1-6-29(33(41)42)37-16-12-35(25-31(39)44-3)14-18-38(19-15-36(13-17-37)26-32(40)45-4)30(34(43)46-5)24-27-8-10-28(11-9-27)49-23-22-48-21-20-47-7-2/h8-11,29-30H,6-7,12-26H2,1-5H3,(H,41,42). The van der Waals surface area contributed by atoms with Crippen molar-refractivity contribution in [1.82, 2.24) is 19.6 Å². The van der Waals surface area contributed by atoms with Gasteiger partial charge in [0.2, 0.25) is 0 Å². The first kappa shape index (κ1) is 41.8. The Morgan fingerprint density at radius 1 is 0.673 bits per heavy atom. The molecule has 0 saturated carbocycles. The van der Waals surface area contributed by atoms with Gasteiger partial charge >= 0.3 is 23.9 Å². The minimum Gasteiger partial charge on any atom is -0.491 e. The topological polar surface area (TPSA) is 157 Å². The van der Waals surface area contributed by atoms with Crippen molar-refractivity contribution in [3.05, 3.63) is 29.8 Å². The minimum absolute atomic E-state index is 0.0123. The summed E-state index contributed by atoms with van der Waals surface area (Å²) in [6.07, 6.45) is 0.750. The van der Waals surface area contributed by atoms with E-state index in [1.54, 1.807) is 0 Å². The van der Waals surface area contributed by atoms with E-state index in [0.717, 1.165) is 5.56 Å². The summed E-state index contributed by atoms with van der Waals surface area (Å²) in [6, 6.07) is 6.13. The number of esters is 3. The van der Waals surface area contributed by atoms with Gasteiger partial charge in [0, 0.05) is 59.0 Å². The molecule has 0 amide bonds. The predicted octanol–water partition coefficient (Wildman–Crippen LogP) is 0.633. The van der Waals surface area contributed by atoms with Gasteiger partial charge in [-0.2, -0.15) is 0 Å². The zero-order valence-electron chi connectivity index (χ0n) is 29.8. The van der Waals surface area contributed by atoms with Gasteiger partial charge in [0.25, 0.3) is 0 Å². The number of aliphatic carboxylic acids is 1. The van der Waals surface area contributed by atoms with Gasteiger partial charge in [0.15, 0.2) is 0 Å². The van der Waals surface area contributed by atoms with Crippen LogP contribution in [0.2, 0.25) is 0 Å². The molecule has 0 spiro atoms. The maximum absolute atomic E-state index is 13.3. The first-order valence-electron chi connectivity index (χ1n) is 16.9. The third kappa shape index (κ3) is 15.8. The van der Waals surface area contributed by atoms with Crippen molar-refractivity contribution in [3.63, 3.8) is 0 Å². The van der Waals surface area contributed by atoms with E-state index in [1.807, 2.05) is 57.7 Å². The van der Waals surface area contributed by atoms with Crippen LogP contribution in [0.15, 0.2) is 24.3 Å². The maximum atomic E-state index is 13.3. The molecular formula is C34H56N4O11. The second kappa shape index (κ2) is 23.9. The average Bonchev–Trinajstić information content (AvgIpc) is 3.10. The molecule has 1 fully saturated rings. The Morgan fingerprint density at radius 2 is 1.16 bits per heavy atom. The van der Waals surface area contributed by atoms with Gasteiger partial charge in [0.05, 0.1) is 54.2 Å². The predicted molar refractivity (Wildman–Crippen MR) is 181 cm³/mol. The number of rotatable bonds is 19. The van der Waals surface area contributed by atoms with E-state index in [9.17, 15) is 24.3 Å². The first-order valence-corrected chi connectivity index (χ1v) is 16.9. The number of hydrogen-bond acceptors (Lipinski definition) is 14. The fraction of sp³-hybridized carbons (Fsp3) is 0.706. The van der Waals surface area contributed by atoms with E-state index >= 15 is 0 Å². The second-order valence-corrected chi connectivity index (χ2v) is 11.6. The molecule has 0 radical (unpaired) electrons. The molecule has 15 nitrogen and oxygen atoms in total. The highest BCUT2D eigenvalue weighted by atomic mass is 16.5. The summed E-state index contributed by atoms with van der Waals surface area (Å²) in [5.74, 6) is -1.48. The smallest absolute Gasteiger partial charge is 0.323 e. The Balaban J connectivity index is 2.27. The lowest BCUT2D eigenvalue weighted by Gasteiger charge is -2.37. The van der Waals surface area contributed by atoms with E-state index < -0.39 is 36.0 Å². The summed E-state index contributed by atoms with van der Waals surface area (Å²) in [4.78, 5) is 57.8. The molecule has 2 atom stereocenters. The zero-order valence-corrected chi connectivity index (χ0v) is 29.8. The van der Waals surface area contributed by atoms with Gasteiger partial charge in [-0.1, -0.05) is 19.1 Å². The molecule has 1 aliphatic heterocycles. The number of nitrogens with zero attached hydrogens (tertiary/aromatic N) is 4. The molecule has 0 aliphatic carbocycles. The van der Waals surface area contributed by atoms with Crippen LogP contribution in [0.5, 0.6) is 5.75 Å². The van der Waals surface area contributed by atoms with Crippen molar-refractivity contribution in [1.29, 1.82) is 0 Å². The van der Waals surface area contributed by atoms with Crippen LogP contribution in [0.4, 0.5) is 0 Å². The lowest BCUT2D eigenvalue weighted by molar-refractivity contribution is -0.148. The number of benzene rings is 1. The van der Waals surface area contributed by atoms with Gasteiger partial charge in [0.1, 0.15) is 24.4 Å². The lowest BCUT2D eigenvalue weighted by Crippen LogP contribution is -2.53. The van der Waals surface area contributed by atoms with Crippen LogP contribution < -0.4 is 4.74 Å². The van der Waals surface area contributed by atoms with Crippen molar-refractivity contribution in [2.24, 2.45) is 0 Å². The SMILES string of the molecule is CCOCCOCCOc1ccc(CC(C(=O)OC)N2CCN(CC(=O)OC)CCN(C(CC)C(=O)O)CCN(CC(=O)OC)CC2)cc1. The van der Waals surface area contributed by atoms with Gasteiger partial charge in [-0.25, -0.2) is 0 Å². The number of methoxy groups -OCH3 is 3. The number of carbonyl (C=O) groups is 4. The van der Waals surface area contributed by atoms with Crippen molar-refractivity contribution >= 4 is 23.9 Å². The van der Waals surface area contributed by atoms with Crippen LogP contribution in [0.1, 0.15) is 25.8 Å². The highest BCUT2D eigenvalue weighted by Gasteiger charge is 2.31. The van der Waals surface area contributed by atoms with Gasteiger partial charge in [-0.15, -0.1) is 0 Å². The van der Waals surface area contributed by atoms with E-state index in [0.29, 0.717) is 104 Å². The van der Waals surface area contributed by atoms with E-state index in [1.165, 1.54) is 21.3 Å². The number of ether oxygens (including phenoxy) is 6. The molecule has 1 aromatic carbocycles. The van der Waals surface area contributed by atoms with Crippen LogP contribution in [-0.2, 0) is 49.3 Å². The van der Waals surface area contributed by atoms with Gasteiger partial charge < -0.3 is 33.5 Å². The molecule has 278 valence electrons. The lowest BCUT2D eigenvalue weighted by atomic mass is 10.0. The Hall–Kier alpha value is -3.34. The molecule has 2 rings (SSSR count). The molecule has 1 aliphatic rings. The molecule has 0 aromatic heterocycles. The quantitative estimate of drug-likeness (QED) is 0.122. The summed E-state index contributed by atoms with van der Waals surface area (Å²) in [6.45, 7) is 9.43. The van der Waals surface area contributed by atoms with E-state index in [4.69, 9.17) is 28.4 Å². The van der Waals surface area contributed by atoms with Crippen molar-refractivity contribution in [2.45, 2.75) is 38.8 Å². The van der Waals surface area contributed by atoms with Crippen molar-refractivity contribution in [3.8, 4) is 5.75 Å². The monoisotopic (exact) mass is 696 g/mol. The second-order valence-electron chi connectivity index (χ2n) is 11.6. The van der Waals surface area contributed by atoms with Crippen LogP contribution >= 0.6 is 0 Å².